The summed E-state index contributed by atoms with van der Waals surface area (Å²) in [4.78, 5) is 18.9. The van der Waals surface area contributed by atoms with E-state index in [1.165, 1.54) is 4.31 Å². The van der Waals surface area contributed by atoms with Gasteiger partial charge in [-0.05, 0) is 102 Å². The van der Waals surface area contributed by atoms with E-state index < -0.39 is 10.0 Å². The molecule has 1 aliphatic heterocycles. The van der Waals surface area contributed by atoms with Gasteiger partial charge in [-0.3, -0.25) is 9.36 Å². The number of aromatic nitrogens is 2. The maximum Gasteiger partial charge on any atom is 0.266 e. The van der Waals surface area contributed by atoms with E-state index in [2.05, 4.69) is 0 Å². The van der Waals surface area contributed by atoms with Crippen molar-refractivity contribution in [1.29, 1.82) is 0 Å². The summed E-state index contributed by atoms with van der Waals surface area (Å²) in [7, 11) is -2.43. The summed E-state index contributed by atoms with van der Waals surface area (Å²) in [5.74, 6) is 1.02. The number of hydrogen-bond acceptors (Lipinski definition) is 5. The van der Waals surface area contributed by atoms with Gasteiger partial charge in [0.1, 0.15) is 17.2 Å². The minimum absolute atomic E-state index is 0.0862. The number of para-hydroxylation sites is 1. The quantitative estimate of drug-likeness (QED) is 0.306. The first kappa shape index (κ1) is 28.1. The second kappa shape index (κ2) is 9.85. The second-order valence-electron chi connectivity index (χ2n) is 11.6. The molecule has 0 saturated carbocycles. The Bertz CT molecular complexity index is 1840. The van der Waals surface area contributed by atoms with Crippen molar-refractivity contribution in [2.75, 3.05) is 7.05 Å². The van der Waals surface area contributed by atoms with Gasteiger partial charge in [0.05, 0.1) is 28.0 Å². The van der Waals surface area contributed by atoms with Gasteiger partial charge >= 0.3 is 0 Å². The van der Waals surface area contributed by atoms with Crippen LogP contribution in [0.5, 0.6) is 5.75 Å². The third-order valence-electron chi connectivity index (χ3n) is 8.14. The Kier molecular flexibility index (Phi) is 6.91. The average Bonchev–Trinajstić information content (AvgIpc) is 2.88. The van der Waals surface area contributed by atoms with Crippen molar-refractivity contribution in [3.63, 3.8) is 0 Å². The Morgan fingerprint density at radius 1 is 1.00 bits per heavy atom. The largest absolute Gasteiger partial charge is 0.487 e. The SMILES string of the molecule is Cc1ccc(-n2c(CN(C)S(=O)(=O)c3c(C)c(C)c4c(c3C)OC(C)(C)CC4)nc3ccccc3c2=O)c(C)c1. The van der Waals surface area contributed by atoms with Crippen molar-refractivity contribution in [2.45, 2.75) is 78.3 Å². The molecule has 40 heavy (non-hydrogen) atoms. The molecule has 0 N–H and O–H groups in total. The lowest BCUT2D eigenvalue weighted by Crippen LogP contribution is -2.35. The fourth-order valence-corrected chi connectivity index (χ4v) is 7.40. The average molecular weight is 560 g/mol. The number of nitrogens with zero attached hydrogens (tertiary/aromatic N) is 3. The predicted octanol–water partition coefficient (Wildman–Crippen LogP) is 5.85. The van der Waals surface area contributed by atoms with Crippen molar-refractivity contribution in [3.8, 4) is 11.4 Å². The Morgan fingerprint density at radius 3 is 2.40 bits per heavy atom. The van der Waals surface area contributed by atoms with E-state index in [-0.39, 0.29) is 22.6 Å². The number of ether oxygens (including phenoxy) is 1. The summed E-state index contributed by atoms with van der Waals surface area (Å²) >= 11 is 0. The molecule has 0 saturated heterocycles. The Balaban J connectivity index is 1.66. The van der Waals surface area contributed by atoms with Gasteiger partial charge in [-0.2, -0.15) is 4.31 Å². The highest BCUT2D eigenvalue weighted by molar-refractivity contribution is 7.89. The molecular weight excluding hydrogens is 522 g/mol. The van der Waals surface area contributed by atoms with Crippen LogP contribution in [0.15, 0.2) is 52.2 Å². The Morgan fingerprint density at radius 2 is 1.70 bits per heavy atom. The van der Waals surface area contributed by atoms with Crippen LogP contribution in [0.3, 0.4) is 0 Å². The molecule has 0 radical (unpaired) electrons. The number of rotatable bonds is 5. The zero-order chi connectivity index (χ0) is 29.1. The third kappa shape index (κ3) is 4.63. The normalized spacial score (nSPS) is 14.8. The van der Waals surface area contributed by atoms with Crippen molar-refractivity contribution in [2.24, 2.45) is 0 Å². The van der Waals surface area contributed by atoms with Gasteiger partial charge in [0.15, 0.2) is 0 Å². The van der Waals surface area contributed by atoms with Crippen LogP contribution in [0.25, 0.3) is 16.6 Å². The first-order valence-electron chi connectivity index (χ1n) is 13.6. The van der Waals surface area contributed by atoms with E-state index in [9.17, 15) is 13.2 Å². The van der Waals surface area contributed by atoms with Crippen molar-refractivity contribution in [3.05, 3.63) is 92.0 Å². The van der Waals surface area contributed by atoms with Crippen LogP contribution in [0.2, 0.25) is 0 Å². The standard InChI is InChI=1S/C32H37N3O4S/c1-19-13-14-27(20(2)17-19)35-28(33-26-12-10-9-11-25(26)31(35)36)18-34(8)40(37,38)30-22(4)21(3)24-15-16-32(6,7)39-29(24)23(30)5/h9-14,17H,15-16,18H2,1-8H3. The lowest BCUT2D eigenvalue weighted by atomic mass is 9.88. The highest BCUT2D eigenvalue weighted by Crippen LogP contribution is 2.43. The van der Waals surface area contributed by atoms with Gasteiger partial charge in [-0.1, -0.05) is 29.8 Å². The first-order valence-corrected chi connectivity index (χ1v) is 15.0. The van der Waals surface area contributed by atoms with Gasteiger partial charge in [0, 0.05) is 12.6 Å². The zero-order valence-electron chi connectivity index (χ0n) is 24.5. The number of aryl methyl sites for hydroxylation is 2. The lowest BCUT2D eigenvalue weighted by molar-refractivity contribution is 0.0829. The minimum atomic E-state index is -3.98. The molecule has 7 nitrogen and oxygen atoms in total. The molecule has 4 aromatic rings. The molecule has 1 aromatic heterocycles. The molecule has 210 valence electrons. The van der Waals surface area contributed by atoms with E-state index in [1.54, 1.807) is 29.8 Å². The van der Waals surface area contributed by atoms with E-state index in [0.717, 1.165) is 40.7 Å². The molecular formula is C32H37N3O4S. The number of hydrogen-bond donors (Lipinski definition) is 0. The Labute approximate surface area is 236 Å². The van der Waals surface area contributed by atoms with Crippen LogP contribution in [0, 0.1) is 34.6 Å². The van der Waals surface area contributed by atoms with Crippen molar-refractivity contribution in [1.82, 2.24) is 13.9 Å². The van der Waals surface area contributed by atoms with E-state index in [0.29, 0.717) is 33.7 Å². The Hall–Kier alpha value is -3.49. The molecule has 8 heteroatoms. The predicted molar refractivity (Wildman–Crippen MR) is 159 cm³/mol. The molecule has 1 aliphatic rings. The molecule has 3 aromatic carbocycles. The van der Waals surface area contributed by atoms with Gasteiger partial charge in [-0.15, -0.1) is 0 Å². The fraction of sp³-hybridized carbons (Fsp3) is 0.375. The fourth-order valence-electron chi connectivity index (χ4n) is 5.79. The van der Waals surface area contributed by atoms with Crippen LogP contribution in [-0.2, 0) is 23.0 Å². The molecule has 5 rings (SSSR count). The first-order chi connectivity index (χ1) is 18.7. The van der Waals surface area contributed by atoms with Crippen molar-refractivity contribution >= 4 is 20.9 Å². The van der Waals surface area contributed by atoms with Crippen LogP contribution in [-0.4, -0.2) is 34.9 Å². The zero-order valence-corrected chi connectivity index (χ0v) is 25.4. The number of sulfonamides is 1. The molecule has 0 spiro atoms. The van der Waals surface area contributed by atoms with Gasteiger partial charge in [0.25, 0.3) is 5.56 Å². The van der Waals surface area contributed by atoms with Crippen LogP contribution >= 0.6 is 0 Å². The number of fused-ring (bicyclic) bond motifs is 2. The topological polar surface area (TPSA) is 81.5 Å². The van der Waals surface area contributed by atoms with Gasteiger partial charge in [0.2, 0.25) is 10.0 Å². The summed E-state index contributed by atoms with van der Waals surface area (Å²) in [6, 6.07) is 13.0. The van der Waals surface area contributed by atoms with E-state index in [4.69, 9.17) is 9.72 Å². The lowest BCUT2D eigenvalue weighted by Gasteiger charge is -2.36. The minimum Gasteiger partial charge on any atom is -0.487 e. The van der Waals surface area contributed by atoms with Gasteiger partial charge in [-0.25, -0.2) is 13.4 Å². The van der Waals surface area contributed by atoms with Crippen LogP contribution < -0.4 is 10.3 Å². The maximum atomic E-state index is 14.2. The van der Waals surface area contributed by atoms with Crippen LogP contribution in [0.1, 0.15) is 59.5 Å². The molecule has 0 fully saturated rings. The van der Waals surface area contributed by atoms with Crippen molar-refractivity contribution < 1.29 is 13.2 Å². The van der Waals surface area contributed by atoms with E-state index in [1.807, 2.05) is 72.7 Å². The molecule has 0 unspecified atom stereocenters. The maximum absolute atomic E-state index is 14.2. The summed E-state index contributed by atoms with van der Waals surface area (Å²) in [5, 5.41) is 0.480. The number of benzene rings is 3. The summed E-state index contributed by atoms with van der Waals surface area (Å²) in [5.41, 5.74) is 5.96. The molecule has 0 amide bonds. The van der Waals surface area contributed by atoms with Gasteiger partial charge < -0.3 is 4.74 Å². The third-order valence-corrected chi connectivity index (χ3v) is 10.2. The highest BCUT2D eigenvalue weighted by atomic mass is 32.2. The van der Waals surface area contributed by atoms with E-state index >= 15 is 0 Å². The smallest absolute Gasteiger partial charge is 0.266 e. The van der Waals surface area contributed by atoms with Crippen LogP contribution in [0.4, 0.5) is 0 Å². The summed E-state index contributed by atoms with van der Waals surface area (Å²) in [6.45, 7) is 13.6. The monoisotopic (exact) mass is 559 g/mol. The molecule has 0 atom stereocenters. The summed E-state index contributed by atoms with van der Waals surface area (Å²) < 4.78 is 37.7. The summed E-state index contributed by atoms with van der Waals surface area (Å²) in [6.07, 6.45) is 1.71. The molecule has 2 heterocycles. The second-order valence-corrected chi connectivity index (χ2v) is 13.6. The highest BCUT2D eigenvalue weighted by Gasteiger charge is 2.35. The molecule has 0 aliphatic carbocycles. The molecule has 0 bridgehead atoms.